The van der Waals surface area contributed by atoms with Gasteiger partial charge in [0.15, 0.2) is 0 Å². The van der Waals surface area contributed by atoms with E-state index in [4.69, 9.17) is 4.74 Å². The van der Waals surface area contributed by atoms with Gasteiger partial charge in [0.05, 0.1) is 0 Å². The summed E-state index contributed by atoms with van der Waals surface area (Å²) in [7, 11) is 0. The van der Waals surface area contributed by atoms with E-state index in [-0.39, 0.29) is 11.8 Å². The highest BCUT2D eigenvalue weighted by atomic mass is 16.5. The monoisotopic (exact) mass is 430 g/mol. The van der Waals surface area contributed by atoms with E-state index in [9.17, 15) is 14.4 Å². The first kappa shape index (κ1) is 21.6. The number of esters is 1. The van der Waals surface area contributed by atoms with Gasteiger partial charge in [-0.05, 0) is 53.8 Å². The highest BCUT2D eigenvalue weighted by molar-refractivity contribution is 6.07. The number of rotatable bonds is 5. The minimum atomic E-state index is -0.416. The van der Waals surface area contributed by atoms with Gasteiger partial charge in [0, 0.05) is 37.7 Å². The molecule has 2 amide bonds. The SMILES string of the molecule is CC(=O)Oc1cccc(C(=O)N2CCC(CNC(=O)c3cccc4ccccc34)CC2)c1. The molecule has 1 saturated heterocycles. The topological polar surface area (TPSA) is 75.7 Å². The van der Waals surface area contributed by atoms with Crippen LogP contribution < -0.4 is 10.1 Å². The molecule has 1 fully saturated rings. The van der Waals surface area contributed by atoms with Gasteiger partial charge in [-0.2, -0.15) is 0 Å². The molecule has 3 aromatic carbocycles. The van der Waals surface area contributed by atoms with Crippen molar-refractivity contribution in [3.63, 3.8) is 0 Å². The number of ether oxygens (including phenoxy) is 1. The van der Waals surface area contributed by atoms with E-state index in [2.05, 4.69) is 5.32 Å². The second-order valence-corrected chi connectivity index (χ2v) is 8.09. The van der Waals surface area contributed by atoms with Crippen molar-refractivity contribution in [2.24, 2.45) is 5.92 Å². The van der Waals surface area contributed by atoms with Crippen molar-refractivity contribution in [2.45, 2.75) is 19.8 Å². The quantitative estimate of drug-likeness (QED) is 0.490. The van der Waals surface area contributed by atoms with Gasteiger partial charge >= 0.3 is 5.97 Å². The second kappa shape index (κ2) is 9.64. The number of amides is 2. The Morgan fingerprint density at radius 2 is 1.69 bits per heavy atom. The molecule has 1 aliphatic rings. The smallest absolute Gasteiger partial charge is 0.308 e. The lowest BCUT2D eigenvalue weighted by Crippen LogP contribution is -2.41. The molecule has 0 aliphatic carbocycles. The van der Waals surface area contributed by atoms with Gasteiger partial charge in [-0.3, -0.25) is 14.4 Å². The van der Waals surface area contributed by atoms with Crippen LogP contribution in [0.2, 0.25) is 0 Å². The lowest BCUT2D eigenvalue weighted by Gasteiger charge is -2.32. The lowest BCUT2D eigenvalue weighted by atomic mass is 9.96. The van der Waals surface area contributed by atoms with E-state index in [1.165, 1.54) is 6.92 Å². The van der Waals surface area contributed by atoms with Gasteiger partial charge in [0.1, 0.15) is 5.75 Å². The summed E-state index contributed by atoms with van der Waals surface area (Å²) in [5.74, 6) is 0.139. The molecule has 0 unspecified atom stereocenters. The van der Waals surface area contributed by atoms with Gasteiger partial charge in [-0.15, -0.1) is 0 Å². The fraction of sp³-hybridized carbons (Fsp3) is 0.269. The minimum absolute atomic E-state index is 0.0670. The Morgan fingerprint density at radius 1 is 0.969 bits per heavy atom. The molecule has 1 aliphatic heterocycles. The molecule has 6 nitrogen and oxygen atoms in total. The first-order valence-electron chi connectivity index (χ1n) is 10.8. The predicted molar refractivity (Wildman–Crippen MR) is 123 cm³/mol. The maximum absolute atomic E-state index is 12.8. The molecule has 164 valence electrons. The zero-order valence-electron chi connectivity index (χ0n) is 18.0. The minimum Gasteiger partial charge on any atom is -0.427 e. The van der Waals surface area contributed by atoms with Crippen LogP contribution in [-0.2, 0) is 4.79 Å². The molecular formula is C26H26N2O4. The molecule has 32 heavy (non-hydrogen) atoms. The van der Waals surface area contributed by atoms with Crippen LogP contribution in [0.25, 0.3) is 10.8 Å². The van der Waals surface area contributed by atoms with E-state index in [0.717, 1.165) is 23.6 Å². The second-order valence-electron chi connectivity index (χ2n) is 8.09. The number of likely N-dealkylation sites (tertiary alicyclic amines) is 1. The summed E-state index contributed by atoms with van der Waals surface area (Å²) in [6.07, 6.45) is 1.65. The largest absolute Gasteiger partial charge is 0.427 e. The first-order chi connectivity index (χ1) is 15.5. The normalized spacial score (nSPS) is 14.2. The van der Waals surface area contributed by atoms with Gasteiger partial charge in [0.2, 0.25) is 0 Å². The number of hydrogen-bond donors (Lipinski definition) is 1. The van der Waals surface area contributed by atoms with E-state index in [1.54, 1.807) is 24.3 Å². The molecule has 0 bridgehead atoms. The number of carbonyl (C=O) groups is 3. The number of carbonyl (C=O) groups excluding carboxylic acids is 3. The van der Waals surface area contributed by atoms with Crippen LogP contribution in [0.3, 0.4) is 0 Å². The summed E-state index contributed by atoms with van der Waals surface area (Å²) in [5, 5.41) is 5.07. The molecule has 1 heterocycles. The predicted octanol–water partition coefficient (Wildman–Crippen LogP) is 4.05. The Labute approximate surface area is 187 Å². The number of nitrogens with zero attached hydrogens (tertiary/aromatic N) is 1. The Balaban J connectivity index is 1.31. The van der Waals surface area contributed by atoms with Gasteiger partial charge in [0.25, 0.3) is 11.8 Å². The summed E-state index contributed by atoms with van der Waals surface area (Å²) >= 11 is 0. The summed E-state index contributed by atoms with van der Waals surface area (Å²) in [6.45, 7) is 3.18. The van der Waals surface area contributed by atoms with Crippen molar-refractivity contribution < 1.29 is 19.1 Å². The summed E-state index contributed by atoms with van der Waals surface area (Å²) in [6, 6.07) is 20.3. The number of hydrogen-bond acceptors (Lipinski definition) is 4. The lowest BCUT2D eigenvalue weighted by molar-refractivity contribution is -0.131. The Bertz CT molecular complexity index is 1140. The Kier molecular flexibility index (Phi) is 6.50. The average molecular weight is 431 g/mol. The number of fused-ring (bicyclic) bond motifs is 1. The molecule has 4 rings (SSSR count). The van der Waals surface area contributed by atoms with Crippen LogP contribution in [0, 0.1) is 5.92 Å². The number of benzene rings is 3. The van der Waals surface area contributed by atoms with E-state index >= 15 is 0 Å². The van der Waals surface area contributed by atoms with Crippen LogP contribution in [0.5, 0.6) is 5.75 Å². The molecule has 0 spiro atoms. The third kappa shape index (κ3) is 4.97. The standard InChI is InChI=1S/C26H26N2O4/c1-18(29)32-22-9-4-8-21(16-22)26(31)28-14-12-19(13-15-28)17-27-25(30)24-11-5-7-20-6-2-3-10-23(20)24/h2-11,16,19H,12-15,17H2,1H3,(H,27,30). The van der Waals surface area contributed by atoms with Crippen LogP contribution >= 0.6 is 0 Å². The van der Waals surface area contributed by atoms with E-state index < -0.39 is 5.97 Å². The molecular weight excluding hydrogens is 404 g/mol. The van der Waals surface area contributed by atoms with Crippen molar-refractivity contribution in [3.8, 4) is 5.75 Å². The zero-order chi connectivity index (χ0) is 22.5. The highest BCUT2D eigenvalue weighted by Gasteiger charge is 2.24. The van der Waals surface area contributed by atoms with Crippen LogP contribution in [-0.4, -0.2) is 42.3 Å². The van der Waals surface area contributed by atoms with Crippen LogP contribution in [0.15, 0.2) is 66.7 Å². The molecule has 0 radical (unpaired) electrons. The summed E-state index contributed by atoms with van der Waals surface area (Å²) < 4.78 is 5.08. The fourth-order valence-electron chi connectivity index (χ4n) is 4.14. The van der Waals surface area contributed by atoms with Crippen molar-refractivity contribution in [1.82, 2.24) is 10.2 Å². The van der Waals surface area contributed by atoms with Crippen LogP contribution in [0.4, 0.5) is 0 Å². The van der Waals surface area contributed by atoms with Crippen molar-refractivity contribution in [3.05, 3.63) is 77.9 Å². The van der Waals surface area contributed by atoms with Crippen LogP contribution in [0.1, 0.15) is 40.5 Å². The van der Waals surface area contributed by atoms with Gasteiger partial charge in [-0.1, -0.05) is 42.5 Å². The maximum atomic E-state index is 12.8. The van der Waals surface area contributed by atoms with Gasteiger partial charge in [-0.25, -0.2) is 0 Å². The average Bonchev–Trinajstić information content (AvgIpc) is 2.82. The summed E-state index contributed by atoms with van der Waals surface area (Å²) in [4.78, 5) is 38.6. The van der Waals surface area contributed by atoms with Crippen molar-refractivity contribution in [2.75, 3.05) is 19.6 Å². The van der Waals surface area contributed by atoms with E-state index in [1.807, 2.05) is 47.4 Å². The molecule has 0 atom stereocenters. The zero-order valence-corrected chi connectivity index (χ0v) is 18.0. The van der Waals surface area contributed by atoms with Crippen molar-refractivity contribution in [1.29, 1.82) is 0 Å². The van der Waals surface area contributed by atoms with Gasteiger partial charge < -0.3 is 15.0 Å². The third-order valence-corrected chi connectivity index (χ3v) is 5.83. The highest BCUT2D eigenvalue weighted by Crippen LogP contribution is 2.22. The first-order valence-corrected chi connectivity index (χ1v) is 10.8. The molecule has 1 N–H and O–H groups in total. The fourth-order valence-corrected chi connectivity index (χ4v) is 4.14. The Morgan fingerprint density at radius 3 is 2.47 bits per heavy atom. The third-order valence-electron chi connectivity index (χ3n) is 5.83. The summed E-state index contributed by atoms with van der Waals surface area (Å²) in [5.41, 5.74) is 1.19. The molecule has 6 heteroatoms. The number of piperidine rings is 1. The van der Waals surface area contributed by atoms with E-state index in [0.29, 0.717) is 42.4 Å². The maximum Gasteiger partial charge on any atom is 0.308 e. The Hall–Kier alpha value is -3.67. The molecule has 0 saturated carbocycles. The van der Waals surface area contributed by atoms with Crippen molar-refractivity contribution >= 4 is 28.6 Å². The molecule has 0 aromatic heterocycles. The number of nitrogens with one attached hydrogen (secondary N) is 1. The molecule has 3 aromatic rings.